The Morgan fingerprint density at radius 1 is 1.24 bits per heavy atom. The number of carbonyl (C=O) groups is 2. The van der Waals surface area contributed by atoms with Gasteiger partial charge in [0.05, 0.1) is 25.3 Å². The predicted molar refractivity (Wildman–Crippen MR) is 112 cm³/mol. The van der Waals surface area contributed by atoms with Crippen molar-refractivity contribution in [2.24, 2.45) is 10.9 Å². The van der Waals surface area contributed by atoms with Crippen molar-refractivity contribution in [3.05, 3.63) is 65.5 Å². The fourth-order valence-electron chi connectivity index (χ4n) is 2.96. The van der Waals surface area contributed by atoms with E-state index in [9.17, 15) is 9.59 Å². The number of aryl methyl sites for hydroxylation is 1. The zero-order valence-corrected chi connectivity index (χ0v) is 16.7. The Balaban J connectivity index is 1.80. The van der Waals surface area contributed by atoms with E-state index in [1.54, 1.807) is 31.6 Å². The summed E-state index contributed by atoms with van der Waals surface area (Å²) in [4.78, 5) is 28.3. The van der Waals surface area contributed by atoms with E-state index in [-0.39, 0.29) is 18.3 Å². The maximum Gasteiger partial charge on any atom is 0.308 e. The Kier molecular flexibility index (Phi) is 9.35. The van der Waals surface area contributed by atoms with Crippen molar-refractivity contribution in [3.8, 4) is 0 Å². The number of nitrogens with zero attached hydrogens (tertiary/aromatic N) is 2. The van der Waals surface area contributed by atoms with Crippen LogP contribution in [0.3, 0.4) is 0 Å². The third-order valence-corrected chi connectivity index (χ3v) is 4.42. The van der Waals surface area contributed by atoms with Crippen LogP contribution >= 0.6 is 0 Å². The first-order valence-corrected chi connectivity index (χ1v) is 9.79. The van der Waals surface area contributed by atoms with E-state index in [0.29, 0.717) is 13.0 Å². The quantitative estimate of drug-likeness (QED) is 0.200. The number of aromatic nitrogens is 1. The van der Waals surface area contributed by atoms with Gasteiger partial charge in [0, 0.05) is 18.8 Å². The zero-order chi connectivity index (χ0) is 20.9. The van der Waals surface area contributed by atoms with Gasteiger partial charge in [0.2, 0.25) is 5.91 Å². The van der Waals surface area contributed by atoms with Gasteiger partial charge in [-0.05, 0) is 48.9 Å². The van der Waals surface area contributed by atoms with Crippen molar-refractivity contribution < 1.29 is 14.3 Å². The van der Waals surface area contributed by atoms with E-state index in [0.717, 1.165) is 30.4 Å². The Morgan fingerprint density at radius 3 is 2.69 bits per heavy atom. The summed E-state index contributed by atoms with van der Waals surface area (Å²) in [6.45, 7) is 2.07. The van der Waals surface area contributed by atoms with Gasteiger partial charge < -0.3 is 15.9 Å². The van der Waals surface area contributed by atoms with E-state index in [4.69, 9.17) is 10.6 Å². The van der Waals surface area contributed by atoms with Crippen molar-refractivity contribution in [1.82, 2.24) is 10.3 Å². The average Bonchev–Trinajstić information content (AvgIpc) is 2.73. The number of pyridine rings is 1. The highest BCUT2D eigenvalue weighted by molar-refractivity contribution is 5.79. The SMILES string of the molecule is CCOC(=O)CC(NC(=O)CCCCc1ccc(C=NN)cc1)c1cccnc1. The second-order valence-electron chi connectivity index (χ2n) is 6.64. The van der Waals surface area contributed by atoms with Crippen LogP contribution < -0.4 is 11.2 Å². The molecule has 2 rings (SSSR count). The van der Waals surface area contributed by atoms with Crippen LogP contribution in [0.15, 0.2) is 53.9 Å². The van der Waals surface area contributed by atoms with Gasteiger partial charge in [0.15, 0.2) is 0 Å². The first-order chi connectivity index (χ1) is 14.1. The highest BCUT2D eigenvalue weighted by Crippen LogP contribution is 2.17. The lowest BCUT2D eigenvalue weighted by molar-refractivity contribution is -0.143. The van der Waals surface area contributed by atoms with Crippen molar-refractivity contribution in [1.29, 1.82) is 0 Å². The van der Waals surface area contributed by atoms with Gasteiger partial charge in [-0.3, -0.25) is 14.6 Å². The molecular formula is C22H28N4O3. The molecule has 1 unspecified atom stereocenters. The summed E-state index contributed by atoms with van der Waals surface area (Å²) in [6, 6.07) is 11.2. The number of benzene rings is 1. The number of amides is 1. The van der Waals surface area contributed by atoms with Crippen molar-refractivity contribution in [2.75, 3.05) is 6.61 Å². The highest BCUT2D eigenvalue weighted by Gasteiger charge is 2.19. The molecule has 0 radical (unpaired) electrons. The average molecular weight is 396 g/mol. The lowest BCUT2D eigenvalue weighted by Gasteiger charge is -2.18. The number of hydrogen-bond donors (Lipinski definition) is 2. The molecule has 1 aromatic heterocycles. The minimum absolute atomic E-state index is 0.0855. The molecule has 0 aliphatic carbocycles. The second-order valence-corrected chi connectivity index (χ2v) is 6.64. The lowest BCUT2D eigenvalue weighted by atomic mass is 10.0. The smallest absolute Gasteiger partial charge is 0.308 e. The summed E-state index contributed by atoms with van der Waals surface area (Å²) in [5, 5.41) is 6.44. The van der Waals surface area contributed by atoms with Crippen molar-refractivity contribution in [2.45, 2.75) is 45.1 Å². The van der Waals surface area contributed by atoms with Crippen LogP contribution in [0.2, 0.25) is 0 Å². The Labute approximate surface area is 171 Å². The summed E-state index contributed by atoms with van der Waals surface area (Å²) in [6.07, 6.45) is 7.95. The van der Waals surface area contributed by atoms with Gasteiger partial charge >= 0.3 is 5.97 Å². The Hall–Kier alpha value is -3.22. The lowest BCUT2D eigenvalue weighted by Crippen LogP contribution is -2.30. The van der Waals surface area contributed by atoms with Crippen LogP contribution in [-0.4, -0.2) is 29.7 Å². The predicted octanol–water partition coefficient (Wildman–Crippen LogP) is 2.90. The van der Waals surface area contributed by atoms with Gasteiger partial charge in [-0.2, -0.15) is 5.10 Å². The monoisotopic (exact) mass is 396 g/mol. The van der Waals surface area contributed by atoms with Crippen LogP contribution in [0.4, 0.5) is 0 Å². The number of esters is 1. The third-order valence-electron chi connectivity index (χ3n) is 4.42. The minimum Gasteiger partial charge on any atom is -0.466 e. The standard InChI is InChI=1S/C22H28N4O3/c1-2-29-22(28)14-20(19-7-5-13-24-16-19)26-21(27)8-4-3-6-17-9-11-18(12-10-17)15-25-23/h5,7,9-13,15-16,20H,2-4,6,8,14,23H2,1H3,(H,26,27). The van der Waals surface area contributed by atoms with Gasteiger partial charge in [0.25, 0.3) is 0 Å². The van der Waals surface area contributed by atoms with Crippen LogP contribution in [0.25, 0.3) is 0 Å². The number of hydrazone groups is 1. The van der Waals surface area contributed by atoms with Crippen LogP contribution in [0.5, 0.6) is 0 Å². The summed E-state index contributed by atoms with van der Waals surface area (Å²) >= 11 is 0. The van der Waals surface area contributed by atoms with Crippen LogP contribution in [0, 0.1) is 0 Å². The molecule has 0 bridgehead atoms. The molecule has 1 heterocycles. The minimum atomic E-state index is -0.438. The fraction of sp³-hybridized carbons (Fsp3) is 0.364. The normalized spacial score (nSPS) is 11.9. The van der Waals surface area contributed by atoms with Crippen molar-refractivity contribution >= 4 is 18.1 Å². The van der Waals surface area contributed by atoms with E-state index in [1.165, 1.54) is 5.56 Å². The molecule has 1 aromatic carbocycles. The molecule has 0 aliphatic heterocycles. The summed E-state index contributed by atoms with van der Waals surface area (Å²) in [7, 11) is 0. The van der Waals surface area contributed by atoms with E-state index in [2.05, 4.69) is 15.4 Å². The van der Waals surface area contributed by atoms with Crippen molar-refractivity contribution in [3.63, 3.8) is 0 Å². The second kappa shape index (κ2) is 12.3. The number of nitrogens with two attached hydrogens (primary N) is 1. The molecule has 1 atom stereocenters. The molecule has 3 N–H and O–H groups in total. The first kappa shape index (κ1) is 22.1. The summed E-state index contributed by atoms with van der Waals surface area (Å²) in [5.41, 5.74) is 2.95. The number of hydrogen-bond acceptors (Lipinski definition) is 6. The Bertz CT molecular complexity index is 791. The number of unbranched alkanes of at least 4 members (excludes halogenated alkanes) is 1. The molecule has 29 heavy (non-hydrogen) atoms. The van der Waals surface area contributed by atoms with Gasteiger partial charge in [0.1, 0.15) is 0 Å². The van der Waals surface area contributed by atoms with Crippen LogP contribution in [0.1, 0.15) is 55.3 Å². The molecule has 0 saturated heterocycles. The third kappa shape index (κ3) is 8.13. The number of rotatable bonds is 11. The highest BCUT2D eigenvalue weighted by atomic mass is 16.5. The maximum absolute atomic E-state index is 12.4. The van der Waals surface area contributed by atoms with E-state index >= 15 is 0 Å². The molecule has 154 valence electrons. The summed E-state index contributed by atoms with van der Waals surface area (Å²) in [5.74, 6) is 4.71. The molecule has 1 amide bonds. The number of carbonyl (C=O) groups excluding carboxylic acids is 2. The van der Waals surface area contributed by atoms with E-state index in [1.807, 2.05) is 30.3 Å². The maximum atomic E-state index is 12.4. The van der Waals surface area contributed by atoms with Gasteiger partial charge in [-0.15, -0.1) is 0 Å². The molecule has 7 heteroatoms. The Morgan fingerprint density at radius 2 is 2.03 bits per heavy atom. The summed E-state index contributed by atoms with van der Waals surface area (Å²) < 4.78 is 5.02. The number of nitrogens with one attached hydrogen (secondary N) is 1. The topological polar surface area (TPSA) is 107 Å². The number of ether oxygens (including phenoxy) is 1. The fourth-order valence-corrected chi connectivity index (χ4v) is 2.96. The zero-order valence-electron chi connectivity index (χ0n) is 16.7. The van der Waals surface area contributed by atoms with Gasteiger partial charge in [-0.25, -0.2) is 0 Å². The molecule has 2 aromatic rings. The molecule has 0 fully saturated rings. The molecule has 0 saturated carbocycles. The largest absolute Gasteiger partial charge is 0.466 e. The van der Waals surface area contributed by atoms with Gasteiger partial charge in [-0.1, -0.05) is 30.3 Å². The van der Waals surface area contributed by atoms with Crippen LogP contribution in [-0.2, 0) is 20.7 Å². The molecule has 0 spiro atoms. The first-order valence-electron chi connectivity index (χ1n) is 9.79. The molecular weight excluding hydrogens is 368 g/mol. The molecule has 7 nitrogen and oxygen atoms in total. The van der Waals surface area contributed by atoms with E-state index < -0.39 is 6.04 Å². The molecule has 0 aliphatic rings.